The minimum absolute atomic E-state index is 0.127. The van der Waals surface area contributed by atoms with Gasteiger partial charge in [0.25, 0.3) is 0 Å². The van der Waals surface area contributed by atoms with Gasteiger partial charge < -0.3 is 5.11 Å². The van der Waals surface area contributed by atoms with E-state index in [2.05, 4.69) is 4.98 Å². The summed E-state index contributed by atoms with van der Waals surface area (Å²) in [6.45, 7) is 0. The lowest BCUT2D eigenvalue weighted by atomic mass is 9.83. The number of hydrogen-bond donors (Lipinski definition) is 1. The fraction of sp³-hybridized carbons (Fsp3) is 0.214. The van der Waals surface area contributed by atoms with E-state index < -0.39 is 29.0 Å². The van der Waals surface area contributed by atoms with Crippen LogP contribution >= 0.6 is 11.6 Å². The Hall–Kier alpha value is -1.73. The number of rotatable bonds is 3. The summed E-state index contributed by atoms with van der Waals surface area (Å²) in [5.74, 6) is -5.46. The number of aliphatic hydroxyl groups is 1. The Balaban J connectivity index is 2.73. The van der Waals surface area contributed by atoms with Crippen molar-refractivity contribution >= 4 is 11.6 Å². The highest BCUT2D eigenvalue weighted by molar-refractivity contribution is 6.30. The average molecular weight is 338 g/mol. The first-order valence-electron chi connectivity index (χ1n) is 5.95. The minimum Gasteiger partial charge on any atom is -0.373 e. The topological polar surface area (TPSA) is 33.1 Å². The second-order valence-electron chi connectivity index (χ2n) is 4.50. The van der Waals surface area contributed by atoms with E-state index >= 15 is 0 Å². The lowest BCUT2D eigenvalue weighted by Gasteiger charge is -2.36. The highest BCUT2D eigenvalue weighted by Crippen LogP contribution is 2.51. The number of hydrogen-bond acceptors (Lipinski definition) is 2. The molecule has 8 heteroatoms. The molecule has 0 amide bonds. The van der Waals surface area contributed by atoms with Gasteiger partial charge in [0.2, 0.25) is 5.60 Å². The summed E-state index contributed by atoms with van der Waals surface area (Å²) in [4.78, 5) is 3.47. The second kappa shape index (κ2) is 5.48. The molecule has 0 spiro atoms. The molecule has 1 aromatic carbocycles. The molecule has 0 saturated carbocycles. The van der Waals surface area contributed by atoms with E-state index in [1.807, 2.05) is 0 Å². The highest BCUT2D eigenvalue weighted by Gasteiger charge is 2.71. The summed E-state index contributed by atoms with van der Waals surface area (Å²) in [6, 6.07) is 7.45. The molecule has 0 aliphatic rings. The van der Waals surface area contributed by atoms with E-state index in [9.17, 15) is 27.1 Å². The SMILES string of the molecule is OC(c1ccc(Cl)cc1)(c1ccccn1)C(F)(F)C(F)(F)F. The molecule has 0 bridgehead atoms. The van der Waals surface area contributed by atoms with Crippen LogP contribution in [0.15, 0.2) is 48.7 Å². The van der Waals surface area contributed by atoms with Crippen LogP contribution in [0, 0.1) is 0 Å². The first-order valence-corrected chi connectivity index (χ1v) is 6.33. The van der Waals surface area contributed by atoms with Crippen molar-refractivity contribution in [2.24, 2.45) is 0 Å². The molecule has 2 rings (SSSR count). The third kappa shape index (κ3) is 2.55. The maximum absolute atomic E-state index is 14.0. The fourth-order valence-electron chi connectivity index (χ4n) is 1.96. The largest absolute Gasteiger partial charge is 0.457 e. The van der Waals surface area contributed by atoms with Crippen LogP contribution in [0.3, 0.4) is 0 Å². The molecule has 0 radical (unpaired) electrons. The van der Waals surface area contributed by atoms with Crippen LogP contribution < -0.4 is 0 Å². The first kappa shape index (κ1) is 16.6. The zero-order valence-electron chi connectivity index (χ0n) is 10.8. The van der Waals surface area contributed by atoms with Crippen molar-refractivity contribution in [1.29, 1.82) is 0 Å². The van der Waals surface area contributed by atoms with Gasteiger partial charge in [-0.3, -0.25) is 4.98 Å². The highest BCUT2D eigenvalue weighted by atomic mass is 35.5. The zero-order valence-corrected chi connectivity index (χ0v) is 11.5. The predicted molar refractivity (Wildman–Crippen MR) is 69.7 cm³/mol. The molecule has 1 N–H and O–H groups in total. The molecule has 118 valence electrons. The van der Waals surface area contributed by atoms with Crippen molar-refractivity contribution in [1.82, 2.24) is 4.98 Å². The van der Waals surface area contributed by atoms with Gasteiger partial charge in [-0.2, -0.15) is 22.0 Å². The monoisotopic (exact) mass is 337 g/mol. The van der Waals surface area contributed by atoms with Gasteiger partial charge in [-0.1, -0.05) is 29.8 Å². The van der Waals surface area contributed by atoms with E-state index in [1.54, 1.807) is 0 Å². The standard InChI is InChI=1S/C14H9ClF5NO/c15-10-6-4-9(5-7-10)12(22,11-3-1-2-8-21-11)13(16,17)14(18,19)20/h1-8,22H. The van der Waals surface area contributed by atoms with Crippen LogP contribution in [0.2, 0.25) is 5.02 Å². The molecular formula is C14H9ClF5NO. The Labute approximate surface area is 127 Å². The number of halogens is 6. The van der Waals surface area contributed by atoms with E-state index in [0.29, 0.717) is 0 Å². The van der Waals surface area contributed by atoms with Crippen molar-refractivity contribution < 1.29 is 27.1 Å². The van der Waals surface area contributed by atoms with Gasteiger partial charge in [0.05, 0.1) is 5.69 Å². The van der Waals surface area contributed by atoms with Gasteiger partial charge in [-0.15, -0.1) is 0 Å². The molecule has 22 heavy (non-hydrogen) atoms. The van der Waals surface area contributed by atoms with Crippen LogP contribution in [0.4, 0.5) is 22.0 Å². The predicted octanol–water partition coefficient (Wildman–Crippen LogP) is 4.17. The summed E-state index contributed by atoms with van der Waals surface area (Å²) >= 11 is 5.60. The van der Waals surface area contributed by atoms with Crippen molar-refractivity contribution in [2.75, 3.05) is 0 Å². The van der Waals surface area contributed by atoms with Gasteiger partial charge >= 0.3 is 12.1 Å². The molecule has 0 aliphatic heterocycles. The molecular weight excluding hydrogens is 329 g/mol. The van der Waals surface area contributed by atoms with Gasteiger partial charge in [-0.25, -0.2) is 0 Å². The Bertz CT molecular complexity index is 645. The molecule has 0 fully saturated rings. The van der Waals surface area contributed by atoms with Crippen molar-refractivity contribution in [3.8, 4) is 0 Å². The molecule has 2 aromatic rings. The number of alkyl halides is 5. The normalized spacial score (nSPS) is 15.4. The van der Waals surface area contributed by atoms with Gasteiger partial charge in [-0.05, 0) is 29.8 Å². The number of aromatic nitrogens is 1. The lowest BCUT2D eigenvalue weighted by molar-refractivity contribution is -0.337. The average Bonchev–Trinajstić information content (AvgIpc) is 2.46. The van der Waals surface area contributed by atoms with Crippen LogP contribution in [-0.2, 0) is 5.60 Å². The molecule has 1 heterocycles. The van der Waals surface area contributed by atoms with E-state index in [4.69, 9.17) is 11.6 Å². The summed E-state index contributed by atoms with van der Waals surface area (Å²) in [7, 11) is 0. The van der Waals surface area contributed by atoms with E-state index in [0.717, 1.165) is 36.5 Å². The second-order valence-corrected chi connectivity index (χ2v) is 4.94. The summed E-state index contributed by atoms with van der Waals surface area (Å²) in [5.41, 5.74) is -5.16. The van der Waals surface area contributed by atoms with Crippen molar-refractivity contribution in [2.45, 2.75) is 17.7 Å². The van der Waals surface area contributed by atoms with Gasteiger partial charge in [0.15, 0.2) is 0 Å². The molecule has 0 aliphatic carbocycles. The Morgan fingerprint density at radius 3 is 1.95 bits per heavy atom. The van der Waals surface area contributed by atoms with Crippen LogP contribution in [0.5, 0.6) is 0 Å². The zero-order chi connectivity index (χ0) is 16.6. The first-order chi connectivity index (χ1) is 10.1. The number of benzene rings is 1. The Morgan fingerprint density at radius 2 is 1.50 bits per heavy atom. The summed E-state index contributed by atoms with van der Waals surface area (Å²) in [6.07, 6.45) is -4.96. The Morgan fingerprint density at radius 1 is 0.909 bits per heavy atom. The van der Waals surface area contributed by atoms with Crippen LogP contribution in [0.1, 0.15) is 11.3 Å². The summed E-state index contributed by atoms with van der Waals surface area (Å²) < 4.78 is 66.5. The lowest BCUT2D eigenvalue weighted by Crippen LogP contribution is -2.56. The number of pyridine rings is 1. The van der Waals surface area contributed by atoms with Crippen LogP contribution in [-0.4, -0.2) is 22.2 Å². The van der Waals surface area contributed by atoms with E-state index in [1.165, 1.54) is 12.1 Å². The molecule has 2 nitrogen and oxygen atoms in total. The van der Waals surface area contributed by atoms with Gasteiger partial charge in [0.1, 0.15) is 0 Å². The maximum Gasteiger partial charge on any atom is 0.457 e. The molecule has 1 atom stereocenters. The van der Waals surface area contributed by atoms with E-state index in [-0.39, 0.29) is 5.02 Å². The molecule has 1 unspecified atom stereocenters. The quantitative estimate of drug-likeness (QED) is 0.853. The maximum atomic E-state index is 14.0. The minimum atomic E-state index is -5.97. The molecule has 0 saturated heterocycles. The fourth-order valence-corrected chi connectivity index (χ4v) is 2.09. The smallest absolute Gasteiger partial charge is 0.373 e. The number of nitrogens with zero attached hydrogens (tertiary/aromatic N) is 1. The summed E-state index contributed by atoms with van der Waals surface area (Å²) in [5, 5.41) is 10.5. The molecule has 1 aromatic heterocycles. The third-order valence-corrected chi connectivity index (χ3v) is 3.36. The van der Waals surface area contributed by atoms with Gasteiger partial charge in [0, 0.05) is 11.2 Å². The third-order valence-electron chi connectivity index (χ3n) is 3.11. The van der Waals surface area contributed by atoms with Crippen molar-refractivity contribution in [3.05, 3.63) is 64.9 Å². The van der Waals surface area contributed by atoms with Crippen molar-refractivity contribution in [3.63, 3.8) is 0 Å². The van der Waals surface area contributed by atoms with Crippen LogP contribution in [0.25, 0.3) is 0 Å². The Kier molecular flexibility index (Phi) is 4.14.